The molecule has 0 aliphatic rings. The molecule has 0 heterocycles. The van der Waals surface area contributed by atoms with Crippen molar-refractivity contribution in [2.75, 3.05) is 12.4 Å². The minimum atomic E-state index is -0.496. The van der Waals surface area contributed by atoms with Crippen LogP contribution in [0.3, 0.4) is 0 Å². The van der Waals surface area contributed by atoms with E-state index in [1.54, 1.807) is 0 Å². The summed E-state index contributed by atoms with van der Waals surface area (Å²) in [5.41, 5.74) is 0.463. The SMILES string of the molecule is O=[N+]([O-])c1ccc(O)c(CNCCCl)c1. The van der Waals surface area contributed by atoms with Gasteiger partial charge in [-0.15, -0.1) is 11.6 Å². The average Bonchev–Trinajstić information content (AvgIpc) is 2.20. The molecule has 1 aromatic rings. The molecule has 82 valence electrons. The van der Waals surface area contributed by atoms with Crippen molar-refractivity contribution < 1.29 is 10.0 Å². The van der Waals surface area contributed by atoms with E-state index in [0.717, 1.165) is 0 Å². The second-order valence-electron chi connectivity index (χ2n) is 2.94. The second-order valence-corrected chi connectivity index (χ2v) is 3.31. The van der Waals surface area contributed by atoms with Gasteiger partial charge in [0.25, 0.3) is 5.69 Å². The fourth-order valence-electron chi connectivity index (χ4n) is 1.12. The Bertz CT molecular complexity index is 357. The quantitative estimate of drug-likeness (QED) is 0.349. The predicted octanol–water partition coefficient (Wildman–Crippen LogP) is 1.63. The zero-order chi connectivity index (χ0) is 11.3. The highest BCUT2D eigenvalue weighted by atomic mass is 35.5. The van der Waals surface area contributed by atoms with E-state index in [1.165, 1.54) is 18.2 Å². The fraction of sp³-hybridized carbons (Fsp3) is 0.333. The molecule has 0 saturated carbocycles. The first-order valence-electron chi connectivity index (χ1n) is 4.38. The summed E-state index contributed by atoms with van der Waals surface area (Å²) in [6.45, 7) is 0.948. The van der Waals surface area contributed by atoms with Crippen LogP contribution in [0, 0.1) is 10.1 Å². The highest BCUT2D eigenvalue weighted by Crippen LogP contribution is 2.22. The number of phenolic OH excluding ortho intramolecular Hbond substituents is 1. The smallest absolute Gasteiger partial charge is 0.270 e. The molecule has 2 N–H and O–H groups in total. The molecule has 0 bridgehead atoms. The van der Waals surface area contributed by atoms with Gasteiger partial charge in [0.2, 0.25) is 0 Å². The maximum atomic E-state index is 10.5. The van der Waals surface area contributed by atoms with E-state index in [0.29, 0.717) is 24.5 Å². The Kier molecular flexibility index (Phi) is 4.33. The lowest BCUT2D eigenvalue weighted by molar-refractivity contribution is -0.384. The number of rotatable bonds is 5. The second kappa shape index (κ2) is 5.53. The van der Waals surface area contributed by atoms with E-state index in [4.69, 9.17) is 11.6 Å². The molecular formula is C9H11ClN2O3. The number of non-ortho nitro benzene ring substituents is 1. The molecule has 15 heavy (non-hydrogen) atoms. The van der Waals surface area contributed by atoms with Gasteiger partial charge in [-0.05, 0) is 6.07 Å². The van der Waals surface area contributed by atoms with Gasteiger partial charge in [0, 0.05) is 36.7 Å². The van der Waals surface area contributed by atoms with Crippen molar-refractivity contribution >= 4 is 17.3 Å². The lowest BCUT2D eigenvalue weighted by Gasteiger charge is -2.04. The molecule has 0 spiro atoms. The van der Waals surface area contributed by atoms with Crippen molar-refractivity contribution in [1.29, 1.82) is 0 Å². The Hall–Kier alpha value is -1.33. The number of nitrogens with zero attached hydrogens (tertiary/aromatic N) is 1. The third-order valence-electron chi connectivity index (χ3n) is 1.86. The molecule has 0 aliphatic heterocycles. The van der Waals surface area contributed by atoms with Crippen molar-refractivity contribution in [3.8, 4) is 5.75 Å². The number of halogens is 1. The van der Waals surface area contributed by atoms with Gasteiger partial charge in [-0.3, -0.25) is 10.1 Å². The van der Waals surface area contributed by atoms with E-state index in [9.17, 15) is 15.2 Å². The number of benzene rings is 1. The van der Waals surface area contributed by atoms with Crippen molar-refractivity contribution in [2.45, 2.75) is 6.54 Å². The third kappa shape index (κ3) is 3.38. The number of hydrogen-bond donors (Lipinski definition) is 2. The molecule has 0 atom stereocenters. The normalized spacial score (nSPS) is 10.2. The van der Waals surface area contributed by atoms with E-state index in [2.05, 4.69) is 5.32 Å². The molecule has 0 fully saturated rings. The van der Waals surface area contributed by atoms with Gasteiger partial charge in [0.1, 0.15) is 5.75 Å². The van der Waals surface area contributed by atoms with Gasteiger partial charge in [-0.1, -0.05) is 0 Å². The maximum absolute atomic E-state index is 10.5. The van der Waals surface area contributed by atoms with Crippen LogP contribution in [-0.2, 0) is 6.54 Å². The number of alkyl halides is 1. The summed E-state index contributed by atoms with van der Waals surface area (Å²) in [5, 5.41) is 22.8. The van der Waals surface area contributed by atoms with Gasteiger partial charge in [-0.25, -0.2) is 0 Å². The lowest BCUT2D eigenvalue weighted by Crippen LogP contribution is -2.15. The highest BCUT2D eigenvalue weighted by molar-refractivity contribution is 6.18. The summed E-state index contributed by atoms with van der Waals surface area (Å²) in [7, 11) is 0. The van der Waals surface area contributed by atoms with Gasteiger partial charge in [0.05, 0.1) is 4.92 Å². The number of nitrogens with one attached hydrogen (secondary N) is 1. The number of nitro groups is 1. The first-order chi connectivity index (χ1) is 7.15. The molecule has 0 unspecified atom stereocenters. The molecule has 0 amide bonds. The van der Waals surface area contributed by atoms with Crippen LogP contribution in [0.25, 0.3) is 0 Å². The maximum Gasteiger partial charge on any atom is 0.270 e. The van der Waals surface area contributed by atoms with Gasteiger partial charge in [-0.2, -0.15) is 0 Å². The molecule has 5 nitrogen and oxygen atoms in total. The molecule has 0 radical (unpaired) electrons. The fourth-order valence-corrected chi connectivity index (χ4v) is 1.25. The molecule has 6 heteroatoms. The van der Waals surface area contributed by atoms with Crippen LogP contribution in [0.15, 0.2) is 18.2 Å². The largest absolute Gasteiger partial charge is 0.508 e. The Morgan fingerprint density at radius 1 is 1.53 bits per heavy atom. The van der Waals surface area contributed by atoms with Gasteiger partial charge >= 0.3 is 0 Å². The van der Waals surface area contributed by atoms with Crippen molar-refractivity contribution in [3.05, 3.63) is 33.9 Å². The summed E-state index contributed by atoms with van der Waals surface area (Å²) < 4.78 is 0. The zero-order valence-electron chi connectivity index (χ0n) is 7.94. The van der Waals surface area contributed by atoms with Crippen molar-refractivity contribution in [3.63, 3.8) is 0 Å². The van der Waals surface area contributed by atoms with Gasteiger partial charge < -0.3 is 10.4 Å². The van der Waals surface area contributed by atoms with E-state index in [-0.39, 0.29) is 11.4 Å². The number of phenols is 1. The minimum absolute atomic E-state index is 0.0320. The molecule has 1 aromatic carbocycles. The predicted molar refractivity (Wildman–Crippen MR) is 57.2 cm³/mol. The summed E-state index contributed by atoms with van der Waals surface area (Å²) in [5.74, 6) is 0.498. The zero-order valence-corrected chi connectivity index (χ0v) is 8.70. The van der Waals surface area contributed by atoms with Crippen molar-refractivity contribution in [1.82, 2.24) is 5.32 Å². The standard InChI is InChI=1S/C9H11ClN2O3/c10-3-4-11-6-7-5-8(12(14)15)1-2-9(7)13/h1-2,5,11,13H,3-4,6H2. The Labute approximate surface area is 91.8 Å². The van der Waals surface area contributed by atoms with E-state index in [1.807, 2.05) is 0 Å². The van der Waals surface area contributed by atoms with Crippen LogP contribution in [-0.4, -0.2) is 22.5 Å². The van der Waals surface area contributed by atoms with Crippen LogP contribution in [0.5, 0.6) is 5.75 Å². The molecule has 0 aliphatic carbocycles. The third-order valence-corrected chi connectivity index (χ3v) is 2.05. The molecule has 0 saturated heterocycles. The molecular weight excluding hydrogens is 220 g/mol. The van der Waals surface area contributed by atoms with E-state index < -0.39 is 4.92 Å². The first-order valence-corrected chi connectivity index (χ1v) is 4.91. The Morgan fingerprint density at radius 3 is 2.87 bits per heavy atom. The summed E-state index contributed by atoms with van der Waals surface area (Å²) >= 11 is 5.46. The number of hydrogen-bond acceptors (Lipinski definition) is 4. The summed E-state index contributed by atoms with van der Waals surface area (Å²) in [6.07, 6.45) is 0. The minimum Gasteiger partial charge on any atom is -0.508 e. The molecule has 0 aromatic heterocycles. The van der Waals surface area contributed by atoms with Crippen LogP contribution in [0.2, 0.25) is 0 Å². The molecule has 1 rings (SSSR count). The summed E-state index contributed by atoms with van der Waals surface area (Å²) in [4.78, 5) is 9.98. The van der Waals surface area contributed by atoms with Crippen LogP contribution in [0.1, 0.15) is 5.56 Å². The van der Waals surface area contributed by atoms with Crippen LogP contribution < -0.4 is 5.32 Å². The van der Waals surface area contributed by atoms with Crippen LogP contribution in [0.4, 0.5) is 5.69 Å². The number of aromatic hydroxyl groups is 1. The average molecular weight is 231 g/mol. The number of nitro benzene ring substituents is 1. The first kappa shape index (κ1) is 11.7. The topological polar surface area (TPSA) is 75.4 Å². The highest BCUT2D eigenvalue weighted by Gasteiger charge is 2.09. The summed E-state index contributed by atoms with van der Waals surface area (Å²) in [6, 6.07) is 3.92. The van der Waals surface area contributed by atoms with E-state index >= 15 is 0 Å². The van der Waals surface area contributed by atoms with Gasteiger partial charge in [0.15, 0.2) is 0 Å². The monoisotopic (exact) mass is 230 g/mol. The van der Waals surface area contributed by atoms with Crippen LogP contribution >= 0.6 is 11.6 Å². The lowest BCUT2D eigenvalue weighted by atomic mass is 10.2. The van der Waals surface area contributed by atoms with Crippen molar-refractivity contribution in [2.24, 2.45) is 0 Å². The Morgan fingerprint density at radius 2 is 2.27 bits per heavy atom. The Balaban J connectivity index is 2.76.